The van der Waals surface area contributed by atoms with Gasteiger partial charge < -0.3 is 20.1 Å². The Bertz CT molecular complexity index is 902. The zero-order chi connectivity index (χ0) is 21.0. The minimum atomic E-state index is -1.07. The molecule has 1 heterocycles. The quantitative estimate of drug-likeness (QED) is 0.750. The number of carbonyl (C=O) groups is 3. The molecule has 3 rings (SSSR count). The van der Waals surface area contributed by atoms with Gasteiger partial charge in [0.25, 0.3) is 11.8 Å². The number of benzene rings is 2. The lowest BCUT2D eigenvalue weighted by Gasteiger charge is -2.27. The third-order valence-electron chi connectivity index (χ3n) is 5.01. The molecular weight excluding hydrogens is 372 g/mol. The maximum Gasteiger partial charge on any atom is 0.323 e. The van der Waals surface area contributed by atoms with E-state index in [1.54, 1.807) is 24.3 Å². The molecule has 0 fully saturated rings. The molecule has 7 heteroatoms. The lowest BCUT2D eigenvalue weighted by Crippen LogP contribution is -2.41. The number of fused-ring (bicyclic) bond motifs is 1. The number of aliphatic carboxylic acids is 1. The molecule has 0 aliphatic carbocycles. The summed E-state index contributed by atoms with van der Waals surface area (Å²) >= 11 is 0. The highest BCUT2D eigenvalue weighted by Crippen LogP contribution is 2.28. The average molecular weight is 396 g/mol. The molecule has 2 amide bonds. The molecule has 7 nitrogen and oxygen atoms in total. The molecule has 0 radical (unpaired) electrons. The Morgan fingerprint density at radius 3 is 2.66 bits per heavy atom. The molecule has 0 bridgehead atoms. The number of amides is 2. The van der Waals surface area contributed by atoms with E-state index in [1.807, 2.05) is 38.1 Å². The molecule has 2 atom stereocenters. The van der Waals surface area contributed by atoms with Crippen LogP contribution < -0.4 is 10.1 Å². The Balaban J connectivity index is 1.71. The molecule has 1 aliphatic rings. The van der Waals surface area contributed by atoms with Crippen molar-refractivity contribution in [1.29, 1.82) is 0 Å². The summed E-state index contributed by atoms with van der Waals surface area (Å²) in [7, 11) is 0. The topological polar surface area (TPSA) is 95.9 Å². The number of carboxylic acid groups (broad SMARTS) is 1. The normalized spacial score (nSPS) is 15.7. The first-order chi connectivity index (χ1) is 13.9. The summed E-state index contributed by atoms with van der Waals surface area (Å²) in [6.45, 7) is 3.32. The number of hydrogen-bond acceptors (Lipinski definition) is 4. The average Bonchev–Trinajstić information content (AvgIpc) is 3.15. The van der Waals surface area contributed by atoms with E-state index in [1.165, 1.54) is 4.90 Å². The van der Waals surface area contributed by atoms with Gasteiger partial charge in [0.2, 0.25) is 0 Å². The standard InChI is InChI=1S/C22H24N2O5/c1-3-14(2)24(13-20(25)26)22(28)16-8-6-9-17(11-16)23-21(27)19-12-15-7-4-5-10-18(15)29-19/h4-11,14,19H,3,12-13H2,1-2H3,(H,23,27)(H,25,26). The predicted octanol–water partition coefficient (Wildman–Crippen LogP) is 2.95. The lowest BCUT2D eigenvalue weighted by atomic mass is 10.1. The van der Waals surface area contributed by atoms with Crippen LogP contribution in [0.2, 0.25) is 0 Å². The van der Waals surface area contributed by atoms with E-state index < -0.39 is 12.1 Å². The number of nitrogens with zero attached hydrogens (tertiary/aromatic N) is 1. The van der Waals surface area contributed by atoms with Crippen molar-refractivity contribution >= 4 is 23.5 Å². The minimum Gasteiger partial charge on any atom is -0.480 e. The summed E-state index contributed by atoms with van der Waals surface area (Å²) in [5.74, 6) is -1.05. The molecule has 2 aromatic carbocycles. The number of carboxylic acids is 1. The van der Waals surface area contributed by atoms with E-state index in [4.69, 9.17) is 9.84 Å². The van der Waals surface area contributed by atoms with Crippen LogP contribution in [0.5, 0.6) is 5.75 Å². The van der Waals surface area contributed by atoms with Crippen LogP contribution in [-0.4, -0.2) is 46.5 Å². The molecule has 0 saturated heterocycles. The number of nitrogens with one attached hydrogen (secondary N) is 1. The highest BCUT2D eigenvalue weighted by atomic mass is 16.5. The second kappa shape index (κ2) is 8.77. The molecule has 152 valence electrons. The fourth-order valence-electron chi connectivity index (χ4n) is 3.24. The third kappa shape index (κ3) is 4.74. The number of anilines is 1. The molecule has 0 saturated carbocycles. The number of hydrogen-bond donors (Lipinski definition) is 2. The van der Waals surface area contributed by atoms with Gasteiger partial charge >= 0.3 is 5.97 Å². The molecule has 1 aliphatic heterocycles. The molecule has 0 spiro atoms. The Morgan fingerprint density at radius 2 is 1.97 bits per heavy atom. The SMILES string of the molecule is CCC(C)N(CC(=O)O)C(=O)c1cccc(NC(=O)C2Cc3ccccc3O2)c1. The Labute approximate surface area is 169 Å². The number of carbonyl (C=O) groups excluding carboxylic acids is 2. The zero-order valence-corrected chi connectivity index (χ0v) is 16.4. The number of para-hydroxylation sites is 1. The van der Waals surface area contributed by atoms with Crippen molar-refractivity contribution in [1.82, 2.24) is 4.90 Å². The van der Waals surface area contributed by atoms with Crippen LogP contribution in [0.3, 0.4) is 0 Å². The van der Waals surface area contributed by atoms with Crippen LogP contribution in [0, 0.1) is 0 Å². The van der Waals surface area contributed by atoms with Gasteiger partial charge in [-0.1, -0.05) is 31.2 Å². The van der Waals surface area contributed by atoms with E-state index in [9.17, 15) is 14.4 Å². The second-order valence-electron chi connectivity index (χ2n) is 7.07. The van der Waals surface area contributed by atoms with Crippen molar-refractivity contribution < 1.29 is 24.2 Å². The molecule has 0 aromatic heterocycles. The molecule has 2 N–H and O–H groups in total. The molecule has 2 unspecified atom stereocenters. The van der Waals surface area contributed by atoms with E-state index in [-0.39, 0.29) is 24.4 Å². The van der Waals surface area contributed by atoms with Crippen LogP contribution in [0.25, 0.3) is 0 Å². The highest BCUT2D eigenvalue weighted by Gasteiger charge is 2.29. The fourth-order valence-corrected chi connectivity index (χ4v) is 3.24. The van der Waals surface area contributed by atoms with Crippen LogP contribution in [0.15, 0.2) is 48.5 Å². The van der Waals surface area contributed by atoms with Crippen LogP contribution in [0.4, 0.5) is 5.69 Å². The van der Waals surface area contributed by atoms with Crippen molar-refractivity contribution in [3.05, 3.63) is 59.7 Å². The summed E-state index contributed by atoms with van der Waals surface area (Å²) in [6.07, 6.45) is 0.492. The third-order valence-corrected chi connectivity index (χ3v) is 5.01. The predicted molar refractivity (Wildman–Crippen MR) is 108 cm³/mol. The van der Waals surface area contributed by atoms with Gasteiger partial charge in [-0.3, -0.25) is 14.4 Å². The van der Waals surface area contributed by atoms with Crippen molar-refractivity contribution in [2.24, 2.45) is 0 Å². The van der Waals surface area contributed by atoms with E-state index in [0.717, 1.165) is 5.56 Å². The van der Waals surface area contributed by atoms with Gasteiger partial charge in [0.1, 0.15) is 12.3 Å². The number of ether oxygens (including phenoxy) is 1. The summed E-state index contributed by atoms with van der Waals surface area (Å²) in [6, 6.07) is 13.8. The smallest absolute Gasteiger partial charge is 0.323 e. The maximum atomic E-state index is 12.8. The Hall–Kier alpha value is -3.35. The van der Waals surface area contributed by atoms with Crippen LogP contribution in [0.1, 0.15) is 36.2 Å². The summed E-state index contributed by atoms with van der Waals surface area (Å²) in [5, 5.41) is 11.9. The first-order valence-electron chi connectivity index (χ1n) is 9.57. The minimum absolute atomic E-state index is 0.220. The van der Waals surface area contributed by atoms with E-state index in [0.29, 0.717) is 29.8 Å². The maximum absolute atomic E-state index is 12.8. The molecule has 29 heavy (non-hydrogen) atoms. The van der Waals surface area contributed by atoms with E-state index in [2.05, 4.69) is 5.32 Å². The first kappa shape index (κ1) is 20.4. The second-order valence-corrected chi connectivity index (χ2v) is 7.07. The van der Waals surface area contributed by atoms with Crippen molar-refractivity contribution in [2.45, 2.75) is 38.8 Å². The zero-order valence-electron chi connectivity index (χ0n) is 16.4. The molecular formula is C22H24N2O5. The van der Waals surface area contributed by atoms with Crippen molar-refractivity contribution in [3.8, 4) is 5.75 Å². The van der Waals surface area contributed by atoms with Crippen LogP contribution in [-0.2, 0) is 16.0 Å². The monoisotopic (exact) mass is 396 g/mol. The Kier molecular flexibility index (Phi) is 6.16. The van der Waals surface area contributed by atoms with E-state index >= 15 is 0 Å². The van der Waals surface area contributed by atoms with Crippen molar-refractivity contribution in [2.75, 3.05) is 11.9 Å². The largest absolute Gasteiger partial charge is 0.480 e. The number of rotatable bonds is 7. The van der Waals surface area contributed by atoms with Gasteiger partial charge in [0.05, 0.1) is 0 Å². The van der Waals surface area contributed by atoms with Gasteiger partial charge in [0.15, 0.2) is 6.10 Å². The molecule has 2 aromatic rings. The summed E-state index contributed by atoms with van der Waals surface area (Å²) in [5.41, 5.74) is 1.76. The first-order valence-corrected chi connectivity index (χ1v) is 9.57. The van der Waals surface area contributed by atoms with Gasteiger partial charge in [-0.25, -0.2) is 0 Å². The Morgan fingerprint density at radius 1 is 1.21 bits per heavy atom. The lowest BCUT2D eigenvalue weighted by molar-refractivity contribution is -0.138. The van der Waals surface area contributed by atoms with Crippen LogP contribution >= 0.6 is 0 Å². The van der Waals surface area contributed by atoms with Gasteiger partial charge in [-0.15, -0.1) is 0 Å². The van der Waals surface area contributed by atoms with Gasteiger partial charge in [-0.2, -0.15) is 0 Å². The van der Waals surface area contributed by atoms with Gasteiger partial charge in [0, 0.05) is 23.7 Å². The summed E-state index contributed by atoms with van der Waals surface area (Å²) < 4.78 is 5.69. The van der Waals surface area contributed by atoms with Crippen molar-refractivity contribution in [3.63, 3.8) is 0 Å². The fraction of sp³-hybridized carbons (Fsp3) is 0.318. The summed E-state index contributed by atoms with van der Waals surface area (Å²) in [4.78, 5) is 37.9. The highest BCUT2D eigenvalue weighted by molar-refractivity contribution is 5.99. The van der Waals surface area contributed by atoms with Gasteiger partial charge in [-0.05, 0) is 43.2 Å².